The smallest absolute Gasteiger partial charge is 0.325 e. The molecule has 1 atom stereocenters. The van der Waals surface area contributed by atoms with Crippen molar-refractivity contribution < 1.29 is 43.2 Å². The van der Waals surface area contributed by atoms with Crippen molar-refractivity contribution in [1.82, 2.24) is 10.6 Å². The lowest BCUT2D eigenvalue weighted by Gasteiger charge is -2.23. The van der Waals surface area contributed by atoms with Gasteiger partial charge in [0.1, 0.15) is 26.4 Å². The number of carbonyl (C=O) groups is 3. The molecule has 1 unspecified atom stereocenters. The fourth-order valence-electron chi connectivity index (χ4n) is 2.53. The maximum Gasteiger partial charge on any atom is 0.325 e. The molecule has 0 saturated heterocycles. The Labute approximate surface area is 206 Å². The van der Waals surface area contributed by atoms with Gasteiger partial charge in [-0.3, -0.25) is 14.4 Å². The van der Waals surface area contributed by atoms with Crippen LogP contribution in [0.5, 0.6) is 0 Å². The Morgan fingerprint density at radius 2 is 1.46 bits per heavy atom. The van der Waals surface area contributed by atoms with Crippen molar-refractivity contribution in [1.29, 1.82) is 0 Å². The van der Waals surface area contributed by atoms with Gasteiger partial charge in [0.2, 0.25) is 11.8 Å². The van der Waals surface area contributed by atoms with E-state index in [1.807, 2.05) is 51.1 Å². The van der Waals surface area contributed by atoms with E-state index in [0.717, 1.165) is 5.56 Å². The molecule has 3 N–H and O–H groups in total. The molecule has 0 fully saturated rings. The monoisotopic (exact) mass is 498 g/mol. The number of hydrogen-bond donors (Lipinski definition) is 3. The Kier molecular flexibility index (Phi) is 15.5. The van der Waals surface area contributed by atoms with Crippen LogP contribution in [-0.4, -0.2) is 87.5 Å². The molecule has 0 aliphatic carbocycles. The number of aliphatic hydroxyl groups excluding tert-OH is 1. The summed E-state index contributed by atoms with van der Waals surface area (Å²) in [5, 5.41) is 14.7. The Morgan fingerprint density at radius 3 is 2.06 bits per heavy atom. The average molecular weight is 499 g/mol. The zero-order chi connectivity index (χ0) is 25.9. The van der Waals surface area contributed by atoms with Crippen LogP contribution in [-0.2, 0) is 44.7 Å². The highest BCUT2D eigenvalue weighted by atomic mass is 16.6. The number of ether oxygens (including phenoxy) is 5. The molecule has 2 amide bonds. The van der Waals surface area contributed by atoms with Crippen LogP contribution < -0.4 is 10.6 Å². The molecule has 0 aliphatic heterocycles. The number of hydrogen-bond acceptors (Lipinski definition) is 9. The van der Waals surface area contributed by atoms with Gasteiger partial charge in [-0.2, -0.15) is 0 Å². The van der Waals surface area contributed by atoms with E-state index in [9.17, 15) is 19.5 Å². The summed E-state index contributed by atoms with van der Waals surface area (Å²) in [5.74, 6) is -1.27. The summed E-state index contributed by atoms with van der Waals surface area (Å²) in [5.41, 5.74) is 0.408. The lowest BCUT2D eigenvalue weighted by molar-refractivity contribution is -0.167. The number of nitrogens with one attached hydrogen (secondary N) is 2. The predicted molar refractivity (Wildman–Crippen MR) is 126 cm³/mol. The van der Waals surface area contributed by atoms with Crippen LogP contribution in [0.25, 0.3) is 0 Å². The van der Waals surface area contributed by atoms with Gasteiger partial charge in [-0.15, -0.1) is 0 Å². The quantitative estimate of drug-likeness (QED) is 0.150. The zero-order valence-electron chi connectivity index (χ0n) is 20.7. The lowest BCUT2D eigenvalue weighted by Crippen LogP contribution is -2.33. The molecule has 35 heavy (non-hydrogen) atoms. The molecule has 1 rings (SSSR count). The summed E-state index contributed by atoms with van der Waals surface area (Å²) in [6.07, 6.45) is -0.665. The summed E-state index contributed by atoms with van der Waals surface area (Å²) >= 11 is 0. The van der Waals surface area contributed by atoms with Gasteiger partial charge in [-0.1, -0.05) is 30.3 Å². The molecule has 11 nitrogen and oxygen atoms in total. The van der Waals surface area contributed by atoms with Crippen molar-refractivity contribution in [3.63, 3.8) is 0 Å². The van der Waals surface area contributed by atoms with Gasteiger partial charge in [0.05, 0.1) is 32.0 Å². The van der Waals surface area contributed by atoms with Gasteiger partial charge in [-0.05, 0) is 26.3 Å². The Bertz CT molecular complexity index is 738. The lowest BCUT2D eigenvalue weighted by atomic mass is 10.2. The van der Waals surface area contributed by atoms with Crippen molar-refractivity contribution in [2.75, 3.05) is 52.7 Å². The predicted octanol–water partition coefficient (Wildman–Crippen LogP) is 0.536. The SMILES string of the molecule is CC(C)(C)OC(O)CCNC(=O)COCCOCCOCC(=O)NCC(=O)OCc1ccccc1. The van der Waals surface area contributed by atoms with Gasteiger partial charge < -0.3 is 39.4 Å². The van der Waals surface area contributed by atoms with Gasteiger partial charge in [0, 0.05) is 13.0 Å². The second-order valence-corrected chi connectivity index (χ2v) is 8.46. The minimum Gasteiger partial charge on any atom is -0.460 e. The van der Waals surface area contributed by atoms with Crippen LogP contribution in [0.1, 0.15) is 32.8 Å². The summed E-state index contributed by atoms with van der Waals surface area (Å²) in [7, 11) is 0. The van der Waals surface area contributed by atoms with E-state index in [2.05, 4.69) is 10.6 Å². The molecule has 11 heteroatoms. The highest BCUT2D eigenvalue weighted by molar-refractivity contribution is 5.82. The second-order valence-electron chi connectivity index (χ2n) is 8.46. The van der Waals surface area contributed by atoms with E-state index in [-0.39, 0.29) is 71.7 Å². The van der Waals surface area contributed by atoms with Crippen LogP contribution in [0.4, 0.5) is 0 Å². The van der Waals surface area contributed by atoms with Gasteiger partial charge >= 0.3 is 5.97 Å². The molecule has 0 bridgehead atoms. The van der Waals surface area contributed by atoms with Crippen molar-refractivity contribution >= 4 is 17.8 Å². The van der Waals surface area contributed by atoms with E-state index in [1.165, 1.54) is 0 Å². The van der Waals surface area contributed by atoms with Crippen molar-refractivity contribution in [3.05, 3.63) is 35.9 Å². The molecule has 0 radical (unpaired) electrons. The van der Waals surface area contributed by atoms with E-state index >= 15 is 0 Å². The maximum absolute atomic E-state index is 11.7. The Morgan fingerprint density at radius 1 is 0.886 bits per heavy atom. The molecule has 1 aromatic rings. The highest BCUT2D eigenvalue weighted by Gasteiger charge is 2.16. The minimum atomic E-state index is -0.945. The van der Waals surface area contributed by atoms with Gasteiger partial charge in [0.25, 0.3) is 0 Å². The third kappa shape index (κ3) is 18.4. The van der Waals surface area contributed by atoms with Crippen LogP contribution in [0.3, 0.4) is 0 Å². The summed E-state index contributed by atoms with van der Waals surface area (Å²) in [6, 6.07) is 9.24. The van der Waals surface area contributed by atoms with E-state index in [1.54, 1.807) is 0 Å². The summed E-state index contributed by atoms with van der Waals surface area (Å²) < 4.78 is 26.1. The van der Waals surface area contributed by atoms with Crippen LogP contribution in [0.2, 0.25) is 0 Å². The van der Waals surface area contributed by atoms with Crippen LogP contribution in [0.15, 0.2) is 30.3 Å². The number of rotatable bonds is 18. The fraction of sp³-hybridized carbons (Fsp3) is 0.625. The van der Waals surface area contributed by atoms with E-state index < -0.39 is 23.8 Å². The van der Waals surface area contributed by atoms with E-state index in [0.29, 0.717) is 0 Å². The summed E-state index contributed by atoms with van der Waals surface area (Å²) in [4.78, 5) is 35.0. The van der Waals surface area contributed by atoms with E-state index in [4.69, 9.17) is 23.7 Å². The number of esters is 1. The summed E-state index contributed by atoms with van der Waals surface area (Å²) in [6.45, 7) is 6.27. The third-order valence-corrected chi connectivity index (χ3v) is 4.09. The fourth-order valence-corrected chi connectivity index (χ4v) is 2.53. The molecule has 0 saturated carbocycles. The molecule has 0 aliphatic rings. The first-order chi connectivity index (χ1) is 16.7. The van der Waals surface area contributed by atoms with Crippen LogP contribution in [0, 0.1) is 0 Å². The first kappa shape index (κ1) is 30.5. The first-order valence-corrected chi connectivity index (χ1v) is 11.5. The van der Waals surface area contributed by atoms with Gasteiger partial charge in [-0.25, -0.2) is 0 Å². The standard InChI is InChI=1S/C24H38N2O9/c1-24(2,3)35-22(29)9-10-25-20(27)17-32-13-11-31-12-14-33-18-21(28)26-15-23(30)34-16-19-7-5-4-6-8-19/h4-8,22,29H,9-18H2,1-3H3,(H,25,27)(H,26,28). The molecule has 198 valence electrons. The molecular weight excluding hydrogens is 460 g/mol. The molecule has 1 aromatic carbocycles. The van der Waals surface area contributed by atoms with Crippen LogP contribution >= 0.6 is 0 Å². The molecule has 0 aromatic heterocycles. The third-order valence-electron chi connectivity index (χ3n) is 4.09. The van der Waals surface area contributed by atoms with Crippen molar-refractivity contribution in [2.45, 2.75) is 45.7 Å². The van der Waals surface area contributed by atoms with Crippen molar-refractivity contribution in [3.8, 4) is 0 Å². The number of amides is 2. The largest absolute Gasteiger partial charge is 0.460 e. The van der Waals surface area contributed by atoms with Crippen molar-refractivity contribution in [2.24, 2.45) is 0 Å². The first-order valence-electron chi connectivity index (χ1n) is 11.5. The maximum atomic E-state index is 11.7. The zero-order valence-corrected chi connectivity index (χ0v) is 20.7. The number of carbonyl (C=O) groups excluding carboxylic acids is 3. The number of aliphatic hydroxyl groups is 1. The molecule has 0 spiro atoms. The Hall–Kier alpha value is -2.57. The second kappa shape index (κ2) is 17.8. The normalized spacial score (nSPS) is 12.1. The minimum absolute atomic E-state index is 0.121. The van der Waals surface area contributed by atoms with Gasteiger partial charge in [0.15, 0.2) is 6.29 Å². The molecule has 0 heterocycles. The highest BCUT2D eigenvalue weighted by Crippen LogP contribution is 2.10. The number of benzene rings is 1. The topological polar surface area (TPSA) is 142 Å². The Balaban J connectivity index is 1.90. The molecular formula is C24H38N2O9. The average Bonchev–Trinajstić information content (AvgIpc) is 2.79.